The number of para-hydroxylation sites is 1. The summed E-state index contributed by atoms with van der Waals surface area (Å²) in [6, 6.07) is 12.5. The fraction of sp³-hybridized carbons (Fsp3) is 0. The zero-order valence-electron chi connectivity index (χ0n) is 14.9. The van der Waals surface area contributed by atoms with E-state index in [0.29, 0.717) is 0 Å². The second-order valence-corrected chi connectivity index (χ2v) is 6.66. The lowest BCUT2D eigenvalue weighted by molar-refractivity contribution is -0.384. The Kier molecular flexibility index (Phi) is 6.16. The van der Waals surface area contributed by atoms with Gasteiger partial charge in [0.25, 0.3) is 11.6 Å². The zero-order chi connectivity index (χ0) is 21.8. The molecule has 0 atom stereocenters. The van der Waals surface area contributed by atoms with Gasteiger partial charge in [0.2, 0.25) is 0 Å². The number of carbonyl (C=O) groups excluding carboxylic acids is 1. The van der Waals surface area contributed by atoms with Gasteiger partial charge in [0.05, 0.1) is 15.6 Å². The van der Waals surface area contributed by atoms with Gasteiger partial charge >= 0.3 is 0 Å². The van der Waals surface area contributed by atoms with Gasteiger partial charge in [0, 0.05) is 17.7 Å². The van der Waals surface area contributed by atoms with Crippen LogP contribution < -0.4 is 5.32 Å². The summed E-state index contributed by atoms with van der Waals surface area (Å²) in [6.07, 6.45) is 1.15. The van der Waals surface area contributed by atoms with E-state index >= 15 is 0 Å². The van der Waals surface area contributed by atoms with E-state index in [2.05, 4.69) is 5.32 Å². The van der Waals surface area contributed by atoms with Gasteiger partial charge in [-0.15, -0.1) is 0 Å². The number of furan rings is 1. The van der Waals surface area contributed by atoms with Crippen LogP contribution in [0.1, 0.15) is 5.76 Å². The highest BCUT2D eigenvalue weighted by Crippen LogP contribution is 2.37. The third kappa shape index (κ3) is 4.49. The molecule has 10 heteroatoms. The van der Waals surface area contributed by atoms with Crippen molar-refractivity contribution in [2.24, 2.45) is 0 Å². The van der Waals surface area contributed by atoms with Crippen molar-refractivity contribution in [1.82, 2.24) is 0 Å². The van der Waals surface area contributed by atoms with Crippen LogP contribution in [0.15, 0.2) is 58.5 Å². The van der Waals surface area contributed by atoms with Crippen LogP contribution in [0.4, 0.5) is 15.8 Å². The molecule has 0 unspecified atom stereocenters. The van der Waals surface area contributed by atoms with Gasteiger partial charge in [-0.3, -0.25) is 14.9 Å². The molecule has 0 aliphatic carbocycles. The monoisotopic (exact) mass is 445 g/mol. The predicted molar refractivity (Wildman–Crippen MR) is 109 cm³/mol. The first kappa shape index (κ1) is 21.0. The largest absolute Gasteiger partial charge is 0.457 e. The number of nitriles is 1. The Balaban J connectivity index is 1.90. The first-order valence-electron chi connectivity index (χ1n) is 8.21. The number of benzene rings is 2. The van der Waals surface area contributed by atoms with Crippen LogP contribution in [0.25, 0.3) is 17.4 Å². The van der Waals surface area contributed by atoms with Gasteiger partial charge in [0.15, 0.2) is 0 Å². The molecule has 0 fully saturated rings. The van der Waals surface area contributed by atoms with E-state index in [1.807, 2.05) is 0 Å². The lowest BCUT2D eigenvalue weighted by atomic mass is 10.1. The number of nitro groups is 1. The molecule has 150 valence electrons. The fourth-order valence-corrected chi connectivity index (χ4v) is 3.03. The molecule has 0 saturated heterocycles. The Hall–Kier alpha value is -3.67. The van der Waals surface area contributed by atoms with E-state index in [4.69, 9.17) is 27.6 Å². The Morgan fingerprint density at radius 2 is 1.93 bits per heavy atom. The molecular weight excluding hydrogens is 436 g/mol. The molecule has 3 aromatic rings. The summed E-state index contributed by atoms with van der Waals surface area (Å²) in [5.74, 6) is -1.21. The lowest BCUT2D eigenvalue weighted by Gasteiger charge is -2.05. The number of carbonyl (C=O) groups is 1. The highest BCUT2D eigenvalue weighted by molar-refractivity contribution is 6.37. The summed E-state index contributed by atoms with van der Waals surface area (Å²) in [4.78, 5) is 22.7. The number of nitro benzene ring substituents is 1. The van der Waals surface area contributed by atoms with Crippen molar-refractivity contribution >= 4 is 46.6 Å². The Morgan fingerprint density at radius 3 is 2.60 bits per heavy atom. The van der Waals surface area contributed by atoms with E-state index in [-0.39, 0.29) is 44.1 Å². The number of rotatable bonds is 5. The lowest BCUT2D eigenvalue weighted by Crippen LogP contribution is -2.14. The van der Waals surface area contributed by atoms with Crippen LogP contribution in [0, 0.1) is 27.3 Å². The molecule has 2 aromatic carbocycles. The smallest absolute Gasteiger partial charge is 0.288 e. The highest BCUT2D eigenvalue weighted by atomic mass is 35.5. The summed E-state index contributed by atoms with van der Waals surface area (Å²) in [5, 5.41) is 22.7. The van der Waals surface area contributed by atoms with Crippen LogP contribution in [0.5, 0.6) is 0 Å². The molecule has 0 spiro atoms. The Bertz CT molecular complexity index is 1230. The number of halogens is 3. The molecule has 0 bridgehead atoms. The number of anilines is 1. The second kappa shape index (κ2) is 8.78. The molecule has 1 heterocycles. The maximum Gasteiger partial charge on any atom is 0.288 e. The van der Waals surface area contributed by atoms with Crippen LogP contribution in [0.2, 0.25) is 10.0 Å². The average Bonchev–Trinajstić information content (AvgIpc) is 3.15. The maximum atomic E-state index is 13.7. The van der Waals surface area contributed by atoms with E-state index in [0.717, 1.165) is 12.1 Å². The number of amides is 1. The summed E-state index contributed by atoms with van der Waals surface area (Å²) in [5.41, 5.74) is -0.565. The SMILES string of the molecule is N#C/C(=C/c1ccc(-c2cc([N+](=O)[O-])c(Cl)cc2Cl)o1)C(=O)Nc1ccccc1F. The molecule has 1 aromatic heterocycles. The summed E-state index contributed by atoms with van der Waals surface area (Å²) in [7, 11) is 0. The van der Waals surface area contributed by atoms with Crippen molar-refractivity contribution in [3.8, 4) is 17.4 Å². The van der Waals surface area contributed by atoms with Crippen molar-refractivity contribution in [2.45, 2.75) is 0 Å². The molecule has 0 saturated carbocycles. The van der Waals surface area contributed by atoms with E-state index < -0.39 is 16.6 Å². The molecule has 3 rings (SSSR count). The Morgan fingerprint density at radius 1 is 1.20 bits per heavy atom. The van der Waals surface area contributed by atoms with Crippen molar-refractivity contribution in [2.75, 3.05) is 5.32 Å². The van der Waals surface area contributed by atoms with Crippen LogP contribution in [-0.4, -0.2) is 10.8 Å². The minimum atomic E-state index is -0.833. The van der Waals surface area contributed by atoms with Gasteiger partial charge in [-0.1, -0.05) is 35.3 Å². The third-order valence-corrected chi connectivity index (χ3v) is 4.51. The molecule has 1 amide bonds. The molecule has 0 radical (unpaired) electrons. The molecule has 30 heavy (non-hydrogen) atoms. The Labute approximate surface area is 179 Å². The number of nitrogens with zero attached hydrogens (tertiary/aromatic N) is 2. The number of hydrogen-bond acceptors (Lipinski definition) is 5. The van der Waals surface area contributed by atoms with Crippen molar-refractivity contribution in [1.29, 1.82) is 5.26 Å². The minimum absolute atomic E-state index is 0.0796. The van der Waals surface area contributed by atoms with Crippen molar-refractivity contribution < 1.29 is 18.5 Å². The molecular formula is C20H10Cl2FN3O4. The van der Waals surface area contributed by atoms with Gasteiger partial charge < -0.3 is 9.73 Å². The maximum absolute atomic E-state index is 13.7. The predicted octanol–water partition coefficient (Wildman–Crippen LogP) is 5.85. The summed E-state index contributed by atoms with van der Waals surface area (Å²) >= 11 is 11.9. The normalized spacial score (nSPS) is 11.1. The third-order valence-electron chi connectivity index (χ3n) is 3.90. The quantitative estimate of drug-likeness (QED) is 0.229. The van der Waals surface area contributed by atoms with Crippen molar-refractivity contribution in [3.63, 3.8) is 0 Å². The molecule has 0 aliphatic rings. The van der Waals surface area contributed by atoms with Crippen LogP contribution in [-0.2, 0) is 4.79 Å². The van der Waals surface area contributed by atoms with E-state index in [1.54, 1.807) is 6.07 Å². The van der Waals surface area contributed by atoms with Crippen LogP contribution >= 0.6 is 23.2 Å². The highest BCUT2D eigenvalue weighted by Gasteiger charge is 2.19. The molecule has 7 nitrogen and oxygen atoms in total. The first-order chi connectivity index (χ1) is 14.3. The van der Waals surface area contributed by atoms with E-state index in [1.165, 1.54) is 42.5 Å². The first-order valence-corrected chi connectivity index (χ1v) is 8.97. The summed E-state index contributed by atoms with van der Waals surface area (Å²) in [6.45, 7) is 0. The zero-order valence-corrected chi connectivity index (χ0v) is 16.4. The van der Waals surface area contributed by atoms with Gasteiger partial charge in [-0.2, -0.15) is 5.26 Å². The topological polar surface area (TPSA) is 109 Å². The van der Waals surface area contributed by atoms with Crippen LogP contribution in [0.3, 0.4) is 0 Å². The second-order valence-electron chi connectivity index (χ2n) is 5.85. The number of nitrogens with one attached hydrogen (secondary N) is 1. The van der Waals surface area contributed by atoms with E-state index in [9.17, 15) is 24.6 Å². The molecule has 0 aliphatic heterocycles. The summed E-state index contributed by atoms with van der Waals surface area (Å²) < 4.78 is 19.2. The van der Waals surface area contributed by atoms with Crippen molar-refractivity contribution in [3.05, 3.63) is 85.8 Å². The molecule has 1 N–H and O–H groups in total. The average molecular weight is 446 g/mol. The fourth-order valence-electron chi connectivity index (χ4n) is 2.48. The van der Waals surface area contributed by atoms with Gasteiger partial charge in [-0.05, 0) is 30.3 Å². The number of hydrogen-bond donors (Lipinski definition) is 1. The van der Waals surface area contributed by atoms with Gasteiger partial charge in [-0.25, -0.2) is 4.39 Å². The standard InChI is InChI=1S/C20H10Cl2FN3O4/c21-14-9-15(22)18(26(28)29)8-13(14)19-6-5-12(30-19)7-11(10-24)20(27)25-17-4-2-1-3-16(17)23/h1-9H,(H,25,27)/b11-7-. The van der Waals surface area contributed by atoms with Gasteiger partial charge in [0.1, 0.15) is 34.0 Å². The minimum Gasteiger partial charge on any atom is -0.457 e.